The maximum atomic E-state index is 12.8. The molecule has 0 saturated heterocycles. The Bertz CT molecular complexity index is 1290. The molecular weight excluding hydrogens is 864 g/mol. The second-order valence-electron chi connectivity index (χ2n) is 18.4. The van der Waals surface area contributed by atoms with Crippen molar-refractivity contribution in [3.63, 3.8) is 0 Å². The number of ether oxygens (including phenoxy) is 2. The monoisotopic (exact) mass is 959 g/mol. The third kappa shape index (κ3) is 33.5. The van der Waals surface area contributed by atoms with E-state index in [0.29, 0.717) is 19.3 Å². The summed E-state index contributed by atoms with van der Waals surface area (Å²) in [5, 5.41) is 50.3. The van der Waals surface area contributed by atoms with Crippen LogP contribution in [0.5, 0.6) is 0 Å². The zero-order valence-electron chi connectivity index (χ0n) is 41.2. The number of esters is 2. The molecule has 0 aliphatic heterocycles. The summed E-state index contributed by atoms with van der Waals surface area (Å²) in [7, 11) is -5.13. The van der Waals surface area contributed by atoms with Crippen LogP contribution in [0.3, 0.4) is 0 Å². The zero-order valence-corrected chi connectivity index (χ0v) is 42.1. The first kappa shape index (κ1) is 62.1. The summed E-state index contributed by atoms with van der Waals surface area (Å²) in [5.74, 6) is -1.15. The second kappa shape index (κ2) is 42.0. The van der Waals surface area contributed by atoms with Crippen LogP contribution >= 0.6 is 7.82 Å². The average Bonchev–Trinajstić information content (AvgIpc) is 3.30. The first-order valence-corrected chi connectivity index (χ1v) is 27.8. The molecule has 0 heterocycles. The summed E-state index contributed by atoms with van der Waals surface area (Å²) in [6.45, 7) is 3.29. The van der Waals surface area contributed by atoms with Crippen LogP contribution in [0.25, 0.3) is 0 Å². The van der Waals surface area contributed by atoms with Gasteiger partial charge >= 0.3 is 19.8 Å². The molecule has 0 aromatic carbocycles. The van der Waals surface area contributed by atoms with Crippen molar-refractivity contribution in [3.8, 4) is 0 Å². The van der Waals surface area contributed by atoms with E-state index in [1.165, 1.54) is 135 Å². The average molecular weight is 959 g/mol. The van der Waals surface area contributed by atoms with Gasteiger partial charge < -0.3 is 39.9 Å². The van der Waals surface area contributed by atoms with Crippen molar-refractivity contribution in [2.75, 3.05) is 13.2 Å². The van der Waals surface area contributed by atoms with E-state index >= 15 is 0 Å². The fourth-order valence-electron chi connectivity index (χ4n) is 8.01. The summed E-state index contributed by atoms with van der Waals surface area (Å²) in [6.07, 6.45) is 36.3. The number of carbonyl (C=O) groups excluding carboxylic acids is 2. The Hall–Kier alpha value is -1.93. The van der Waals surface area contributed by atoms with Crippen molar-refractivity contribution in [2.45, 2.75) is 268 Å². The highest BCUT2D eigenvalue weighted by Gasteiger charge is 2.51. The maximum Gasteiger partial charge on any atom is 0.472 e. The quantitative estimate of drug-likeness (QED) is 0.0145. The highest BCUT2D eigenvalue weighted by atomic mass is 31.2. The zero-order chi connectivity index (χ0) is 48.5. The van der Waals surface area contributed by atoms with Gasteiger partial charge in [0, 0.05) is 12.8 Å². The number of aliphatic hydroxyl groups excluding tert-OH is 5. The van der Waals surface area contributed by atoms with Gasteiger partial charge in [-0.2, -0.15) is 0 Å². The van der Waals surface area contributed by atoms with E-state index in [1.54, 1.807) is 0 Å². The number of allylic oxidation sites excluding steroid dienone is 6. The highest BCUT2D eigenvalue weighted by Crippen LogP contribution is 2.47. The Labute approximate surface area is 399 Å². The molecule has 0 aromatic rings. The molecule has 1 aliphatic rings. The van der Waals surface area contributed by atoms with Gasteiger partial charge in [-0.05, 0) is 44.9 Å². The third-order valence-electron chi connectivity index (χ3n) is 12.2. The van der Waals surface area contributed by atoms with Crippen molar-refractivity contribution in [2.24, 2.45) is 0 Å². The van der Waals surface area contributed by atoms with Crippen LogP contribution in [-0.4, -0.2) is 98.3 Å². The Kier molecular flexibility index (Phi) is 39.5. The normalized spacial score (nSPS) is 21.5. The molecule has 66 heavy (non-hydrogen) atoms. The van der Waals surface area contributed by atoms with E-state index in [2.05, 4.69) is 38.2 Å². The van der Waals surface area contributed by atoms with Crippen molar-refractivity contribution >= 4 is 19.8 Å². The smallest absolute Gasteiger partial charge is 0.462 e. The van der Waals surface area contributed by atoms with Crippen LogP contribution in [0.4, 0.5) is 0 Å². The molecule has 14 heteroatoms. The molecule has 0 amide bonds. The summed E-state index contributed by atoms with van der Waals surface area (Å²) < 4.78 is 33.6. The molecule has 0 spiro atoms. The van der Waals surface area contributed by atoms with Crippen LogP contribution in [0.15, 0.2) is 36.5 Å². The van der Waals surface area contributed by atoms with Crippen molar-refractivity contribution in [1.29, 1.82) is 0 Å². The number of rotatable bonds is 44. The topological polar surface area (TPSA) is 210 Å². The first-order chi connectivity index (χ1) is 31.9. The molecular formula is C52H95O13P. The number of hydrogen-bond donors (Lipinski definition) is 6. The Morgan fingerprint density at radius 3 is 1.29 bits per heavy atom. The minimum atomic E-state index is -5.13. The van der Waals surface area contributed by atoms with E-state index in [9.17, 15) is 44.6 Å². The van der Waals surface area contributed by atoms with Gasteiger partial charge in [-0.3, -0.25) is 18.6 Å². The van der Waals surface area contributed by atoms with Crippen LogP contribution in [0.1, 0.15) is 226 Å². The second-order valence-corrected chi connectivity index (χ2v) is 19.8. The van der Waals surface area contributed by atoms with Gasteiger partial charge in [0.15, 0.2) is 6.10 Å². The van der Waals surface area contributed by atoms with Gasteiger partial charge in [-0.15, -0.1) is 0 Å². The van der Waals surface area contributed by atoms with Crippen LogP contribution in [0, 0.1) is 0 Å². The number of carbonyl (C=O) groups is 2. The van der Waals surface area contributed by atoms with Crippen LogP contribution < -0.4 is 0 Å². The van der Waals surface area contributed by atoms with Gasteiger partial charge in [0.2, 0.25) is 0 Å². The Balaban J connectivity index is 2.41. The number of phosphoric acid groups is 1. The molecule has 0 aromatic heterocycles. The van der Waals surface area contributed by atoms with E-state index in [4.69, 9.17) is 18.5 Å². The maximum absolute atomic E-state index is 12.8. The third-order valence-corrected chi connectivity index (χ3v) is 13.2. The summed E-state index contributed by atoms with van der Waals surface area (Å²) in [6, 6.07) is 0. The van der Waals surface area contributed by atoms with Crippen LogP contribution in [0.2, 0.25) is 0 Å². The first-order valence-electron chi connectivity index (χ1n) is 26.3. The molecule has 1 aliphatic carbocycles. The predicted molar refractivity (Wildman–Crippen MR) is 263 cm³/mol. The molecule has 1 fully saturated rings. The van der Waals surface area contributed by atoms with Gasteiger partial charge in [0.25, 0.3) is 0 Å². The van der Waals surface area contributed by atoms with Crippen molar-refractivity contribution < 1.29 is 63.1 Å². The molecule has 1 saturated carbocycles. The SMILES string of the molecule is CCCCCCCC/C=C/C/C=C/C/C=C/CCCC(=O)OC[C@H](COP(=O)(O)OC1C(O)C(O)C(O)[C@@H](O)C1O)OC(=O)CCCCCCCCCCCCCCCCCCCCCC. The number of hydrogen-bond acceptors (Lipinski definition) is 12. The van der Waals surface area contributed by atoms with Gasteiger partial charge in [-0.1, -0.05) is 204 Å². The molecule has 13 nitrogen and oxygen atoms in total. The standard InChI is InChI=1S/C52H95O13P/c1-3-5-7-9-11-13-15-17-19-21-22-23-25-27-29-31-33-35-37-39-41-46(54)64-44(43-63-66(60,61)65-52-50(58)48(56)47(55)49(57)51(52)59)42-62-45(53)40-38-36-34-32-30-28-26-24-20-18-16-14-12-10-8-6-4-2/h18,20,26,28,32,34,44,47-52,55-59H,3-17,19,21-25,27,29-31,33,35-43H2,1-2H3,(H,60,61)/b20-18+,28-26+,34-32+/t44-,47?,48-,49?,50?,51?,52?/m1/s1. The molecule has 6 unspecified atom stereocenters. The van der Waals surface area contributed by atoms with Crippen molar-refractivity contribution in [1.82, 2.24) is 0 Å². The minimum absolute atomic E-state index is 0.0900. The Morgan fingerprint density at radius 1 is 0.470 bits per heavy atom. The van der Waals surface area contributed by atoms with E-state index in [0.717, 1.165) is 44.9 Å². The van der Waals surface area contributed by atoms with E-state index < -0.39 is 75.7 Å². The molecule has 386 valence electrons. The lowest BCUT2D eigenvalue weighted by Crippen LogP contribution is -2.64. The lowest BCUT2D eigenvalue weighted by molar-refractivity contribution is -0.220. The summed E-state index contributed by atoms with van der Waals surface area (Å²) >= 11 is 0. The predicted octanol–water partition coefficient (Wildman–Crippen LogP) is 11.3. The minimum Gasteiger partial charge on any atom is -0.462 e. The summed E-state index contributed by atoms with van der Waals surface area (Å²) in [4.78, 5) is 35.8. The lowest BCUT2D eigenvalue weighted by Gasteiger charge is -2.41. The molecule has 0 bridgehead atoms. The van der Waals surface area contributed by atoms with Crippen molar-refractivity contribution in [3.05, 3.63) is 36.5 Å². The number of unbranched alkanes of at least 4 members (excludes halogenated alkanes) is 26. The molecule has 6 N–H and O–H groups in total. The van der Waals surface area contributed by atoms with Gasteiger partial charge in [0.1, 0.15) is 43.2 Å². The highest BCUT2D eigenvalue weighted by molar-refractivity contribution is 7.47. The van der Waals surface area contributed by atoms with Gasteiger partial charge in [-0.25, -0.2) is 4.57 Å². The number of aliphatic hydroxyl groups is 5. The summed E-state index contributed by atoms with van der Waals surface area (Å²) in [5.41, 5.74) is 0. The Morgan fingerprint density at radius 2 is 0.833 bits per heavy atom. The largest absolute Gasteiger partial charge is 0.472 e. The molecule has 0 radical (unpaired) electrons. The lowest BCUT2D eigenvalue weighted by atomic mass is 9.85. The van der Waals surface area contributed by atoms with Gasteiger partial charge in [0.05, 0.1) is 6.61 Å². The number of phosphoric ester groups is 1. The molecule has 8 atom stereocenters. The molecule has 1 rings (SSSR count). The van der Waals surface area contributed by atoms with E-state index in [1.807, 2.05) is 12.2 Å². The van der Waals surface area contributed by atoms with E-state index in [-0.39, 0.29) is 12.8 Å². The fraction of sp³-hybridized carbons (Fsp3) is 0.846. The fourth-order valence-corrected chi connectivity index (χ4v) is 8.98. The van der Waals surface area contributed by atoms with Crippen LogP contribution in [-0.2, 0) is 32.7 Å².